The van der Waals surface area contributed by atoms with Crippen molar-refractivity contribution >= 4 is 29.9 Å². The lowest BCUT2D eigenvalue weighted by atomic mass is 10.3. The number of hydrogen-bond donors (Lipinski definition) is 1. The van der Waals surface area contributed by atoms with Crippen molar-refractivity contribution in [3.05, 3.63) is 45.5 Å². The Balaban J connectivity index is 2.75. The first-order valence-electron chi connectivity index (χ1n) is 4.39. The van der Waals surface area contributed by atoms with Crippen molar-refractivity contribution < 1.29 is 9.66 Å². The Morgan fingerprint density at radius 2 is 2.31 bits per heavy atom. The fourth-order valence-electron chi connectivity index (χ4n) is 0.946. The number of rotatable bonds is 5. The summed E-state index contributed by atoms with van der Waals surface area (Å²) < 4.78 is 5.32. The summed E-state index contributed by atoms with van der Waals surface area (Å²) in [4.78, 5) is 9.95. The van der Waals surface area contributed by atoms with Crippen molar-refractivity contribution in [3.8, 4) is 5.75 Å². The minimum atomic E-state index is -0.512. The molecule has 0 fully saturated rings. The van der Waals surface area contributed by atoms with Crippen LogP contribution in [-0.4, -0.2) is 17.3 Å². The predicted molar refractivity (Wildman–Crippen MR) is 66.6 cm³/mol. The predicted octanol–water partition coefficient (Wildman–Crippen LogP) is 3.11. The van der Waals surface area contributed by atoms with E-state index in [1.807, 2.05) is 0 Å². The number of benzene rings is 1. The standard InChI is InChI=1S/C10H10ClNO3S/c1-7(6-16)5-15-10-3-2-8(12(13)14)4-9(10)11/h2-4,16H,1,5-6H2. The molecule has 0 saturated carbocycles. The van der Waals surface area contributed by atoms with E-state index >= 15 is 0 Å². The van der Waals surface area contributed by atoms with Gasteiger partial charge in [0.2, 0.25) is 0 Å². The number of halogens is 1. The molecule has 1 rings (SSSR count). The summed E-state index contributed by atoms with van der Waals surface area (Å²) in [5.41, 5.74) is 0.739. The molecule has 0 aliphatic heterocycles. The van der Waals surface area contributed by atoms with Crippen molar-refractivity contribution in [2.75, 3.05) is 12.4 Å². The van der Waals surface area contributed by atoms with Gasteiger partial charge in [0.1, 0.15) is 12.4 Å². The molecule has 6 heteroatoms. The van der Waals surface area contributed by atoms with Crippen molar-refractivity contribution in [3.63, 3.8) is 0 Å². The molecule has 0 N–H and O–H groups in total. The number of nitro benzene ring substituents is 1. The molecule has 4 nitrogen and oxygen atoms in total. The summed E-state index contributed by atoms with van der Waals surface area (Å²) >= 11 is 9.85. The summed E-state index contributed by atoms with van der Waals surface area (Å²) in [6.07, 6.45) is 0. The van der Waals surface area contributed by atoms with Gasteiger partial charge in [0.15, 0.2) is 0 Å². The van der Waals surface area contributed by atoms with Crippen LogP contribution in [0, 0.1) is 10.1 Å². The van der Waals surface area contributed by atoms with Gasteiger partial charge in [-0.3, -0.25) is 10.1 Å². The van der Waals surface area contributed by atoms with Gasteiger partial charge in [-0.05, 0) is 11.6 Å². The Morgan fingerprint density at radius 3 is 2.81 bits per heavy atom. The molecule has 86 valence electrons. The number of nitro groups is 1. The van der Waals surface area contributed by atoms with Gasteiger partial charge in [0, 0.05) is 17.9 Å². The first kappa shape index (κ1) is 12.9. The maximum Gasteiger partial charge on any atom is 0.271 e. The van der Waals surface area contributed by atoms with Gasteiger partial charge in [-0.25, -0.2) is 0 Å². The molecule has 16 heavy (non-hydrogen) atoms. The average Bonchev–Trinajstić information content (AvgIpc) is 2.26. The summed E-state index contributed by atoms with van der Waals surface area (Å²) in [6.45, 7) is 4.00. The molecule has 1 aromatic rings. The van der Waals surface area contributed by atoms with Crippen LogP contribution < -0.4 is 4.74 Å². The van der Waals surface area contributed by atoms with E-state index in [1.54, 1.807) is 0 Å². The quantitative estimate of drug-likeness (QED) is 0.383. The van der Waals surface area contributed by atoms with E-state index in [2.05, 4.69) is 19.2 Å². The highest BCUT2D eigenvalue weighted by molar-refractivity contribution is 7.80. The lowest BCUT2D eigenvalue weighted by Gasteiger charge is -2.08. The Kier molecular flexibility index (Phi) is 4.64. The van der Waals surface area contributed by atoms with Crippen LogP contribution >= 0.6 is 24.2 Å². The Labute approximate surface area is 103 Å². The molecule has 1 aromatic carbocycles. The Bertz CT molecular complexity index is 423. The molecule has 0 spiro atoms. The second-order valence-corrected chi connectivity index (χ2v) is 3.79. The zero-order chi connectivity index (χ0) is 12.1. The molecular formula is C10H10ClNO3S. The van der Waals surface area contributed by atoms with E-state index in [9.17, 15) is 10.1 Å². The van der Waals surface area contributed by atoms with E-state index in [1.165, 1.54) is 18.2 Å². The van der Waals surface area contributed by atoms with Crippen molar-refractivity contribution in [1.82, 2.24) is 0 Å². The number of thiol groups is 1. The van der Waals surface area contributed by atoms with Crippen LogP contribution in [0.1, 0.15) is 0 Å². The molecule has 0 amide bonds. The lowest BCUT2D eigenvalue weighted by molar-refractivity contribution is -0.384. The van der Waals surface area contributed by atoms with Gasteiger partial charge in [-0.2, -0.15) is 12.6 Å². The number of hydrogen-bond acceptors (Lipinski definition) is 4. The maximum absolute atomic E-state index is 10.5. The van der Waals surface area contributed by atoms with Crippen molar-refractivity contribution in [1.29, 1.82) is 0 Å². The largest absolute Gasteiger partial charge is 0.488 e. The van der Waals surface area contributed by atoms with Crippen LogP contribution in [-0.2, 0) is 0 Å². The molecule has 0 aliphatic carbocycles. The molecule has 0 aromatic heterocycles. The maximum atomic E-state index is 10.5. The summed E-state index contributed by atoms with van der Waals surface area (Å²) in [5.74, 6) is 0.917. The first-order chi connectivity index (χ1) is 7.54. The van der Waals surface area contributed by atoms with E-state index < -0.39 is 4.92 Å². The highest BCUT2D eigenvalue weighted by Gasteiger charge is 2.10. The van der Waals surface area contributed by atoms with E-state index in [0.717, 1.165) is 5.57 Å². The van der Waals surface area contributed by atoms with E-state index in [-0.39, 0.29) is 10.7 Å². The second kappa shape index (κ2) is 5.77. The topological polar surface area (TPSA) is 52.4 Å². The van der Waals surface area contributed by atoms with Crippen LogP contribution in [0.2, 0.25) is 5.02 Å². The van der Waals surface area contributed by atoms with Crippen LogP contribution in [0.15, 0.2) is 30.4 Å². The lowest BCUT2D eigenvalue weighted by Crippen LogP contribution is -2.01. The molecule has 0 heterocycles. The number of nitrogens with zero attached hydrogens (tertiary/aromatic N) is 1. The Morgan fingerprint density at radius 1 is 1.62 bits per heavy atom. The molecule has 0 bridgehead atoms. The molecule has 0 radical (unpaired) electrons. The number of ether oxygens (including phenoxy) is 1. The van der Waals surface area contributed by atoms with Crippen molar-refractivity contribution in [2.24, 2.45) is 0 Å². The first-order valence-corrected chi connectivity index (χ1v) is 5.40. The minimum absolute atomic E-state index is 0.0645. The van der Waals surface area contributed by atoms with E-state index in [4.69, 9.17) is 16.3 Å². The smallest absolute Gasteiger partial charge is 0.271 e. The SMILES string of the molecule is C=C(CS)COc1ccc([N+](=O)[O-])cc1Cl. The molecule has 0 saturated heterocycles. The zero-order valence-corrected chi connectivity index (χ0v) is 10.0. The van der Waals surface area contributed by atoms with Gasteiger partial charge >= 0.3 is 0 Å². The van der Waals surface area contributed by atoms with Gasteiger partial charge < -0.3 is 4.74 Å². The minimum Gasteiger partial charge on any atom is -0.488 e. The highest BCUT2D eigenvalue weighted by atomic mass is 35.5. The fraction of sp³-hybridized carbons (Fsp3) is 0.200. The molecular weight excluding hydrogens is 250 g/mol. The normalized spacial score (nSPS) is 9.88. The summed E-state index contributed by atoms with van der Waals surface area (Å²) in [6, 6.07) is 4.05. The summed E-state index contributed by atoms with van der Waals surface area (Å²) in [5, 5.41) is 10.7. The molecule has 0 atom stereocenters. The van der Waals surface area contributed by atoms with Crippen molar-refractivity contribution in [2.45, 2.75) is 0 Å². The second-order valence-electron chi connectivity index (χ2n) is 3.07. The third-order valence-electron chi connectivity index (χ3n) is 1.78. The summed E-state index contributed by atoms with van der Waals surface area (Å²) in [7, 11) is 0. The van der Waals surface area contributed by atoms with Crippen LogP contribution in [0.3, 0.4) is 0 Å². The van der Waals surface area contributed by atoms with Crippen LogP contribution in [0.4, 0.5) is 5.69 Å². The van der Waals surface area contributed by atoms with Crippen LogP contribution in [0.5, 0.6) is 5.75 Å². The number of non-ortho nitro benzene ring substituents is 1. The molecule has 0 aliphatic rings. The zero-order valence-electron chi connectivity index (χ0n) is 8.35. The van der Waals surface area contributed by atoms with Gasteiger partial charge in [-0.15, -0.1) is 0 Å². The third-order valence-corrected chi connectivity index (χ3v) is 2.52. The van der Waals surface area contributed by atoms with Gasteiger partial charge in [-0.1, -0.05) is 18.2 Å². The highest BCUT2D eigenvalue weighted by Crippen LogP contribution is 2.28. The third kappa shape index (κ3) is 3.43. The van der Waals surface area contributed by atoms with Gasteiger partial charge in [0.05, 0.1) is 9.95 Å². The fourth-order valence-corrected chi connectivity index (χ4v) is 1.27. The average molecular weight is 260 g/mol. The Hall–Kier alpha value is -1.20. The van der Waals surface area contributed by atoms with Gasteiger partial charge in [0.25, 0.3) is 5.69 Å². The van der Waals surface area contributed by atoms with Crippen LogP contribution in [0.25, 0.3) is 0 Å². The van der Waals surface area contributed by atoms with E-state index in [0.29, 0.717) is 18.1 Å². The molecule has 0 unspecified atom stereocenters. The monoisotopic (exact) mass is 259 g/mol.